The Morgan fingerprint density at radius 2 is 2.07 bits per heavy atom. The summed E-state index contributed by atoms with van der Waals surface area (Å²) >= 11 is 0. The predicted molar refractivity (Wildman–Crippen MR) is 109 cm³/mol. The normalized spacial score (nSPS) is 22.2. The standard InChI is InChI=1S/C22H28N4O2/c1-16-7-5-11-26(15-16)20-13-19(22(27)23-14-18-10-6-12-28-18)24-21(25-20)17-8-3-2-4-9-17/h2-4,8-9,13,16,18H,5-7,10-12,14-15H2,1H3,(H,23,27). The first-order chi connectivity index (χ1) is 13.7. The zero-order valence-corrected chi connectivity index (χ0v) is 16.4. The molecule has 0 spiro atoms. The molecule has 0 bridgehead atoms. The van der Waals surface area contributed by atoms with Crippen molar-refractivity contribution in [1.29, 1.82) is 0 Å². The quantitative estimate of drug-likeness (QED) is 0.862. The molecule has 0 aliphatic carbocycles. The Morgan fingerprint density at radius 1 is 1.21 bits per heavy atom. The fraction of sp³-hybridized carbons (Fsp3) is 0.500. The molecular formula is C22H28N4O2. The molecule has 28 heavy (non-hydrogen) atoms. The molecule has 2 fully saturated rings. The number of anilines is 1. The van der Waals surface area contributed by atoms with Crippen molar-refractivity contribution in [2.45, 2.75) is 38.7 Å². The maximum atomic E-state index is 12.8. The highest BCUT2D eigenvalue weighted by atomic mass is 16.5. The molecule has 2 aromatic rings. The molecule has 0 saturated carbocycles. The summed E-state index contributed by atoms with van der Waals surface area (Å²) in [5.74, 6) is 1.89. The largest absolute Gasteiger partial charge is 0.376 e. The van der Waals surface area contributed by atoms with Gasteiger partial charge >= 0.3 is 0 Å². The summed E-state index contributed by atoms with van der Waals surface area (Å²) in [4.78, 5) is 24.4. The van der Waals surface area contributed by atoms with Crippen molar-refractivity contribution >= 4 is 11.7 Å². The molecule has 1 aromatic heterocycles. The molecule has 0 radical (unpaired) electrons. The summed E-state index contributed by atoms with van der Waals surface area (Å²) in [5, 5.41) is 2.99. The Bertz CT molecular complexity index is 805. The maximum absolute atomic E-state index is 12.8. The summed E-state index contributed by atoms with van der Waals surface area (Å²) < 4.78 is 5.61. The lowest BCUT2D eigenvalue weighted by atomic mass is 10.0. The molecule has 3 heterocycles. The SMILES string of the molecule is CC1CCCN(c2cc(C(=O)NCC3CCCO3)nc(-c3ccccc3)n2)C1. The van der Waals surface area contributed by atoms with Crippen LogP contribution in [-0.2, 0) is 4.74 Å². The van der Waals surface area contributed by atoms with Crippen molar-refractivity contribution < 1.29 is 9.53 Å². The molecule has 2 aliphatic rings. The van der Waals surface area contributed by atoms with Crippen molar-refractivity contribution in [2.75, 3.05) is 31.1 Å². The highest BCUT2D eigenvalue weighted by Gasteiger charge is 2.22. The van der Waals surface area contributed by atoms with Crippen LogP contribution in [0.2, 0.25) is 0 Å². The third-order valence-corrected chi connectivity index (χ3v) is 5.47. The Kier molecular flexibility index (Phi) is 5.86. The Hall–Kier alpha value is -2.47. The van der Waals surface area contributed by atoms with E-state index >= 15 is 0 Å². The van der Waals surface area contributed by atoms with Crippen LogP contribution in [0.15, 0.2) is 36.4 Å². The van der Waals surface area contributed by atoms with E-state index in [9.17, 15) is 4.79 Å². The topological polar surface area (TPSA) is 67.4 Å². The molecule has 2 saturated heterocycles. The number of nitrogens with zero attached hydrogens (tertiary/aromatic N) is 3. The first-order valence-electron chi connectivity index (χ1n) is 10.3. The zero-order valence-electron chi connectivity index (χ0n) is 16.4. The Labute approximate surface area is 166 Å². The van der Waals surface area contributed by atoms with Crippen LogP contribution in [-0.4, -0.2) is 48.2 Å². The molecule has 148 valence electrons. The van der Waals surface area contributed by atoms with E-state index in [0.717, 1.165) is 50.3 Å². The van der Waals surface area contributed by atoms with Gasteiger partial charge in [0, 0.05) is 37.9 Å². The van der Waals surface area contributed by atoms with Crippen molar-refractivity contribution in [1.82, 2.24) is 15.3 Å². The molecule has 6 heteroatoms. The molecule has 1 amide bonds. The van der Waals surface area contributed by atoms with Crippen LogP contribution in [0, 0.1) is 5.92 Å². The summed E-state index contributed by atoms with van der Waals surface area (Å²) in [6, 6.07) is 11.7. The Balaban J connectivity index is 1.60. The smallest absolute Gasteiger partial charge is 0.270 e. The van der Waals surface area contributed by atoms with Crippen LogP contribution >= 0.6 is 0 Å². The number of rotatable bonds is 5. The van der Waals surface area contributed by atoms with Gasteiger partial charge in [-0.15, -0.1) is 0 Å². The number of carbonyl (C=O) groups is 1. The monoisotopic (exact) mass is 380 g/mol. The van der Waals surface area contributed by atoms with E-state index in [1.165, 1.54) is 6.42 Å². The van der Waals surface area contributed by atoms with Crippen LogP contribution in [0.1, 0.15) is 43.1 Å². The molecule has 1 N–H and O–H groups in total. The van der Waals surface area contributed by atoms with Gasteiger partial charge in [0.25, 0.3) is 5.91 Å². The summed E-state index contributed by atoms with van der Waals surface area (Å²) in [7, 11) is 0. The minimum atomic E-state index is -0.165. The lowest BCUT2D eigenvalue weighted by molar-refractivity contribution is 0.0853. The van der Waals surface area contributed by atoms with E-state index in [0.29, 0.717) is 24.0 Å². The van der Waals surface area contributed by atoms with Gasteiger partial charge in [0.2, 0.25) is 0 Å². The van der Waals surface area contributed by atoms with Crippen LogP contribution in [0.5, 0.6) is 0 Å². The van der Waals surface area contributed by atoms with Crippen molar-refractivity contribution in [3.8, 4) is 11.4 Å². The van der Waals surface area contributed by atoms with Crippen LogP contribution in [0.3, 0.4) is 0 Å². The van der Waals surface area contributed by atoms with Crippen molar-refractivity contribution in [2.24, 2.45) is 5.92 Å². The number of hydrogen-bond donors (Lipinski definition) is 1. The third-order valence-electron chi connectivity index (χ3n) is 5.47. The van der Waals surface area contributed by atoms with Gasteiger partial charge in [0.05, 0.1) is 6.10 Å². The lowest BCUT2D eigenvalue weighted by Crippen LogP contribution is -2.36. The molecule has 2 atom stereocenters. The fourth-order valence-electron chi connectivity index (χ4n) is 3.93. The lowest BCUT2D eigenvalue weighted by Gasteiger charge is -2.32. The molecule has 4 rings (SSSR count). The van der Waals surface area contributed by atoms with Gasteiger partial charge in [-0.05, 0) is 31.6 Å². The van der Waals surface area contributed by atoms with E-state index in [1.807, 2.05) is 36.4 Å². The van der Waals surface area contributed by atoms with Gasteiger partial charge in [-0.1, -0.05) is 37.3 Å². The number of hydrogen-bond acceptors (Lipinski definition) is 5. The zero-order chi connectivity index (χ0) is 19.3. The Morgan fingerprint density at radius 3 is 2.82 bits per heavy atom. The molecule has 6 nitrogen and oxygen atoms in total. The summed E-state index contributed by atoms with van der Waals surface area (Å²) in [5.41, 5.74) is 1.34. The number of amides is 1. The average Bonchev–Trinajstić information content (AvgIpc) is 3.26. The second-order valence-corrected chi connectivity index (χ2v) is 7.84. The third kappa shape index (κ3) is 4.50. The van der Waals surface area contributed by atoms with Gasteiger partial charge in [-0.2, -0.15) is 0 Å². The van der Waals surface area contributed by atoms with Gasteiger partial charge in [-0.3, -0.25) is 4.79 Å². The maximum Gasteiger partial charge on any atom is 0.270 e. The van der Waals surface area contributed by atoms with E-state index in [2.05, 4.69) is 22.1 Å². The number of ether oxygens (including phenoxy) is 1. The predicted octanol–water partition coefficient (Wildman–Crippen LogP) is 3.29. The minimum Gasteiger partial charge on any atom is -0.376 e. The molecular weight excluding hydrogens is 352 g/mol. The van der Waals surface area contributed by atoms with Crippen molar-refractivity contribution in [3.05, 3.63) is 42.1 Å². The second kappa shape index (κ2) is 8.69. The number of carbonyl (C=O) groups excluding carboxylic acids is 1. The van der Waals surface area contributed by atoms with E-state index in [1.54, 1.807) is 0 Å². The van der Waals surface area contributed by atoms with Crippen LogP contribution in [0.4, 0.5) is 5.82 Å². The van der Waals surface area contributed by atoms with E-state index in [4.69, 9.17) is 9.72 Å². The van der Waals surface area contributed by atoms with E-state index in [-0.39, 0.29) is 12.0 Å². The molecule has 2 aliphatic heterocycles. The highest BCUT2D eigenvalue weighted by molar-refractivity contribution is 5.93. The summed E-state index contributed by atoms with van der Waals surface area (Å²) in [6.07, 6.45) is 4.55. The van der Waals surface area contributed by atoms with Gasteiger partial charge in [0.15, 0.2) is 5.82 Å². The molecule has 1 aromatic carbocycles. The van der Waals surface area contributed by atoms with Gasteiger partial charge in [0.1, 0.15) is 11.5 Å². The molecule has 2 unspecified atom stereocenters. The number of benzene rings is 1. The summed E-state index contributed by atoms with van der Waals surface area (Å²) in [6.45, 7) is 5.50. The van der Waals surface area contributed by atoms with Crippen LogP contribution < -0.4 is 10.2 Å². The minimum absolute atomic E-state index is 0.113. The number of piperidine rings is 1. The fourth-order valence-corrected chi connectivity index (χ4v) is 3.93. The van der Waals surface area contributed by atoms with Gasteiger partial charge in [-0.25, -0.2) is 9.97 Å². The van der Waals surface area contributed by atoms with Gasteiger partial charge < -0.3 is 15.0 Å². The second-order valence-electron chi connectivity index (χ2n) is 7.84. The van der Waals surface area contributed by atoms with E-state index < -0.39 is 0 Å². The first-order valence-corrected chi connectivity index (χ1v) is 10.3. The van der Waals surface area contributed by atoms with Crippen molar-refractivity contribution in [3.63, 3.8) is 0 Å². The van der Waals surface area contributed by atoms with Crippen LogP contribution in [0.25, 0.3) is 11.4 Å². The number of aromatic nitrogens is 2. The first kappa shape index (κ1) is 18.9. The average molecular weight is 380 g/mol. The highest BCUT2D eigenvalue weighted by Crippen LogP contribution is 2.25. The number of nitrogens with one attached hydrogen (secondary N) is 1.